The van der Waals surface area contributed by atoms with Crippen LogP contribution in [-0.4, -0.2) is 53.4 Å². The molecule has 0 atom stereocenters. The number of nitrogens with one attached hydrogen (secondary N) is 1. The molecule has 0 radical (unpaired) electrons. The highest BCUT2D eigenvalue weighted by Crippen LogP contribution is 2.32. The lowest BCUT2D eigenvalue weighted by Crippen LogP contribution is -2.25. The van der Waals surface area contributed by atoms with Crippen molar-refractivity contribution < 1.29 is 14.3 Å². The first kappa shape index (κ1) is 22.2. The van der Waals surface area contributed by atoms with Gasteiger partial charge in [-0.3, -0.25) is 14.4 Å². The Morgan fingerprint density at radius 1 is 1.09 bits per heavy atom. The van der Waals surface area contributed by atoms with Gasteiger partial charge in [-0.25, -0.2) is 0 Å². The van der Waals surface area contributed by atoms with Crippen LogP contribution in [0.5, 0.6) is 11.5 Å². The molecule has 2 aromatic carbocycles. The van der Waals surface area contributed by atoms with Crippen LogP contribution in [-0.2, 0) is 11.8 Å². The average molecular weight is 455 g/mol. The number of rotatable bonds is 9. The molecule has 1 fully saturated rings. The van der Waals surface area contributed by atoms with Crippen LogP contribution in [0.2, 0.25) is 5.02 Å². The standard InChI is InChI=1S/C24H27ClN4O3/c1-28-22(10-11-26-28)21-16-19(6-9-23(21)31-15-14-29-12-2-3-13-29)27-24(30)17-32-20-7-4-18(25)5-8-20/h4-11,16H,2-3,12-15,17H2,1H3,(H,27,30). The summed E-state index contributed by atoms with van der Waals surface area (Å²) in [5, 5.41) is 7.78. The predicted molar refractivity (Wildman–Crippen MR) is 125 cm³/mol. The summed E-state index contributed by atoms with van der Waals surface area (Å²) in [5.74, 6) is 1.10. The number of hydrogen-bond donors (Lipinski definition) is 1. The molecule has 0 spiro atoms. The molecule has 168 valence electrons. The van der Waals surface area contributed by atoms with E-state index >= 15 is 0 Å². The number of likely N-dealkylation sites (tertiary alicyclic amines) is 1. The van der Waals surface area contributed by atoms with Gasteiger partial charge in [-0.2, -0.15) is 5.10 Å². The maximum atomic E-state index is 12.4. The zero-order valence-electron chi connectivity index (χ0n) is 18.1. The molecule has 32 heavy (non-hydrogen) atoms. The largest absolute Gasteiger partial charge is 0.492 e. The van der Waals surface area contributed by atoms with Gasteiger partial charge in [-0.05, 0) is 74.5 Å². The number of anilines is 1. The van der Waals surface area contributed by atoms with Crippen molar-refractivity contribution in [3.63, 3.8) is 0 Å². The summed E-state index contributed by atoms with van der Waals surface area (Å²) < 4.78 is 13.4. The monoisotopic (exact) mass is 454 g/mol. The number of nitrogens with zero attached hydrogens (tertiary/aromatic N) is 3. The van der Waals surface area contributed by atoms with Crippen molar-refractivity contribution in [1.82, 2.24) is 14.7 Å². The van der Waals surface area contributed by atoms with Gasteiger partial charge in [-0.1, -0.05) is 11.6 Å². The first-order chi connectivity index (χ1) is 15.6. The predicted octanol–water partition coefficient (Wildman–Crippen LogP) is 4.23. The molecule has 0 aliphatic carbocycles. The van der Waals surface area contributed by atoms with Crippen molar-refractivity contribution in [1.29, 1.82) is 0 Å². The molecule has 1 saturated heterocycles. The van der Waals surface area contributed by atoms with Crippen molar-refractivity contribution in [2.75, 3.05) is 38.2 Å². The van der Waals surface area contributed by atoms with E-state index in [2.05, 4.69) is 15.3 Å². The van der Waals surface area contributed by atoms with Gasteiger partial charge >= 0.3 is 0 Å². The number of benzene rings is 2. The van der Waals surface area contributed by atoms with Gasteiger partial charge in [0.05, 0.1) is 5.69 Å². The summed E-state index contributed by atoms with van der Waals surface area (Å²) in [6.45, 7) is 3.70. The second-order valence-electron chi connectivity index (χ2n) is 7.74. The second kappa shape index (κ2) is 10.5. The van der Waals surface area contributed by atoms with Crippen molar-refractivity contribution in [3.05, 3.63) is 59.8 Å². The first-order valence-corrected chi connectivity index (χ1v) is 11.1. The molecule has 4 rings (SSSR count). The van der Waals surface area contributed by atoms with Crippen LogP contribution < -0.4 is 14.8 Å². The Morgan fingerprint density at radius 3 is 2.59 bits per heavy atom. The summed E-state index contributed by atoms with van der Waals surface area (Å²) in [5.41, 5.74) is 2.45. The maximum absolute atomic E-state index is 12.4. The number of ether oxygens (including phenoxy) is 2. The van der Waals surface area contributed by atoms with E-state index in [1.54, 1.807) is 35.1 Å². The van der Waals surface area contributed by atoms with Crippen LogP contribution >= 0.6 is 11.6 Å². The van der Waals surface area contributed by atoms with E-state index in [1.165, 1.54) is 12.8 Å². The Labute approximate surface area is 192 Å². The fourth-order valence-electron chi connectivity index (χ4n) is 3.74. The molecule has 0 bridgehead atoms. The maximum Gasteiger partial charge on any atom is 0.262 e. The summed E-state index contributed by atoms with van der Waals surface area (Å²) in [4.78, 5) is 14.8. The minimum atomic E-state index is -0.251. The van der Waals surface area contributed by atoms with Crippen LogP contribution in [0, 0.1) is 0 Å². The SMILES string of the molecule is Cn1nccc1-c1cc(NC(=O)COc2ccc(Cl)cc2)ccc1OCCN1CCCC1. The van der Waals surface area contributed by atoms with E-state index < -0.39 is 0 Å². The van der Waals surface area contributed by atoms with E-state index in [-0.39, 0.29) is 12.5 Å². The van der Waals surface area contributed by atoms with Gasteiger partial charge in [0.25, 0.3) is 5.91 Å². The number of carbonyl (C=O) groups is 1. The van der Waals surface area contributed by atoms with Crippen molar-refractivity contribution in [2.45, 2.75) is 12.8 Å². The van der Waals surface area contributed by atoms with Crippen molar-refractivity contribution in [2.24, 2.45) is 7.05 Å². The zero-order valence-corrected chi connectivity index (χ0v) is 18.8. The summed E-state index contributed by atoms with van der Waals surface area (Å²) in [6, 6.07) is 14.5. The summed E-state index contributed by atoms with van der Waals surface area (Å²) >= 11 is 5.87. The van der Waals surface area contributed by atoms with Crippen LogP contribution in [0.15, 0.2) is 54.7 Å². The highest BCUT2D eigenvalue weighted by molar-refractivity contribution is 6.30. The molecule has 1 N–H and O–H groups in total. The lowest BCUT2D eigenvalue weighted by atomic mass is 10.1. The molecule has 1 aliphatic rings. The zero-order chi connectivity index (χ0) is 22.3. The number of hydrogen-bond acceptors (Lipinski definition) is 5. The fraction of sp³-hybridized carbons (Fsp3) is 0.333. The Morgan fingerprint density at radius 2 is 1.88 bits per heavy atom. The van der Waals surface area contributed by atoms with Crippen molar-refractivity contribution in [3.8, 4) is 22.8 Å². The van der Waals surface area contributed by atoms with Gasteiger partial charge in [-0.15, -0.1) is 0 Å². The third kappa shape index (κ3) is 5.81. The van der Waals surface area contributed by atoms with Crippen LogP contribution in [0.4, 0.5) is 5.69 Å². The molecule has 7 nitrogen and oxygen atoms in total. The third-order valence-corrected chi connectivity index (χ3v) is 5.66. The number of aromatic nitrogens is 2. The molecule has 3 aromatic rings. The molecule has 1 aliphatic heterocycles. The highest BCUT2D eigenvalue weighted by Gasteiger charge is 2.15. The molecule has 1 aromatic heterocycles. The minimum Gasteiger partial charge on any atom is -0.492 e. The normalized spacial score (nSPS) is 13.8. The fourth-order valence-corrected chi connectivity index (χ4v) is 3.87. The Kier molecular flexibility index (Phi) is 7.29. The average Bonchev–Trinajstić information content (AvgIpc) is 3.46. The summed E-state index contributed by atoms with van der Waals surface area (Å²) in [6.07, 6.45) is 4.27. The molecule has 8 heteroatoms. The van der Waals surface area contributed by atoms with Gasteiger partial charge in [0, 0.05) is 36.1 Å². The van der Waals surface area contributed by atoms with Crippen molar-refractivity contribution >= 4 is 23.2 Å². The molecular weight excluding hydrogens is 428 g/mol. The topological polar surface area (TPSA) is 68.6 Å². The van der Waals surface area contributed by atoms with Crippen LogP contribution in [0.25, 0.3) is 11.3 Å². The lowest BCUT2D eigenvalue weighted by molar-refractivity contribution is -0.118. The van der Waals surface area contributed by atoms with Gasteiger partial charge in [0.1, 0.15) is 18.1 Å². The van der Waals surface area contributed by atoms with Gasteiger partial charge in [0.15, 0.2) is 6.61 Å². The van der Waals surface area contributed by atoms with E-state index in [1.807, 2.05) is 31.3 Å². The van der Waals surface area contributed by atoms with E-state index in [0.717, 1.165) is 36.6 Å². The Hall–Kier alpha value is -3.03. The lowest BCUT2D eigenvalue weighted by Gasteiger charge is -2.17. The quantitative estimate of drug-likeness (QED) is 0.524. The molecule has 1 amide bonds. The van der Waals surface area contributed by atoms with Crippen LogP contribution in [0.3, 0.4) is 0 Å². The smallest absolute Gasteiger partial charge is 0.262 e. The molecule has 0 saturated carbocycles. The van der Waals surface area contributed by atoms with Gasteiger partial charge in [0.2, 0.25) is 0 Å². The van der Waals surface area contributed by atoms with E-state index in [9.17, 15) is 4.79 Å². The third-order valence-electron chi connectivity index (χ3n) is 5.41. The second-order valence-corrected chi connectivity index (χ2v) is 8.18. The number of aryl methyl sites for hydroxylation is 1. The number of amides is 1. The van der Waals surface area contributed by atoms with Gasteiger partial charge < -0.3 is 14.8 Å². The van der Waals surface area contributed by atoms with E-state index in [0.29, 0.717) is 23.1 Å². The Bertz CT molecular complexity index is 1050. The molecule has 0 unspecified atom stereocenters. The highest BCUT2D eigenvalue weighted by atomic mass is 35.5. The van der Waals surface area contributed by atoms with E-state index in [4.69, 9.17) is 21.1 Å². The Balaban J connectivity index is 1.42. The minimum absolute atomic E-state index is 0.100. The molecular formula is C24H27ClN4O3. The summed E-state index contributed by atoms with van der Waals surface area (Å²) in [7, 11) is 1.88. The first-order valence-electron chi connectivity index (χ1n) is 10.7. The molecule has 2 heterocycles. The van der Waals surface area contributed by atoms with Crippen LogP contribution in [0.1, 0.15) is 12.8 Å². The number of carbonyl (C=O) groups excluding carboxylic acids is 1. The number of halogens is 1.